The van der Waals surface area contributed by atoms with Crippen LogP contribution in [0.5, 0.6) is 0 Å². The molecule has 18 heavy (non-hydrogen) atoms. The van der Waals surface area contributed by atoms with E-state index in [2.05, 4.69) is 17.2 Å². The van der Waals surface area contributed by atoms with Crippen molar-refractivity contribution in [3.8, 4) is 11.8 Å². The van der Waals surface area contributed by atoms with Crippen molar-refractivity contribution < 1.29 is 4.79 Å². The minimum Gasteiger partial charge on any atom is -0.343 e. The van der Waals surface area contributed by atoms with E-state index >= 15 is 0 Å². The number of benzene rings is 1. The first kappa shape index (κ1) is 12.7. The first-order chi connectivity index (χ1) is 8.84. The van der Waals surface area contributed by atoms with Gasteiger partial charge < -0.3 is 5.32 Å². The summed E-state index contributed by atoms with van der Waals surface area (Å²) < 4.78 is 0. The molecule has 1 N–H and O–H groups in total. The molecular weight excluding hydrogens is 222 g/mol. The summed E-state index contributed by atoms with van der Waals surface area (Å²) in [6.45, 7) is 0. The lowest BCUT2D eigenvalue weighted by atomic mass is 10.1. The summed E-state index contributed by atoms with van der Waals surface area (Å²) in [4.78, 5) is 11.7. The van der Waals surface area contributed by atoms with Gasteiger partial charge in [-0.05, 0) is 25.0 Å². The van der Waals surface area contributed by atoms with Crippen molar-refractivity contribution in [3.05, 3.63) is 35.9 Å². The van der Waals surface area contributed by atoms with E-state index in [1.807, 2.05) is 30.3 Å². The molecule has 0 aliphatic heterocycles. The van der Waals surface area contributed by atoms with Crippen molar-refractivity contribution in [3.63, 3.8) is 0 Å². The summed E-state index contributed by atoms with van der Waals surface area (Å²) in [6.07, 6.45) is 7.22. The largest absolute Gasteiger partial charge is 0.343 e. The van der Waals surface area contributed by atoms with Crippen molar-refractivity contribution in [1.29, 1.82) is 0 Å². The second-order valence-corrected chi connectivity index (χ2v) is 4.78. The van der Waals surface area contributed by atoms with E-state index in [0.717, 1.165) is 18.4 Å². The van der Waals surface area contributed by atoms with Gasteiger partial charge in [-0.1, -0.05) is 49.8 Å². The van der Waals surface area contributed by atoms with Gasteiger partial charge in [-0.3, -0.25) is 4.79 Å². The van der Waals surface area contributed by atoms with Crippen LogP contribution in [-0.2, 0) is 4.79 Å². The topological polar surface area (TPSA) is 29.1 Å². The summed E-state index contributed by atoms with van der Waals surface area (Å²) in [7, 11) is 0. The molecule has 1 fully saturated rings. The molecular formula is C16H19NO. The monoisotopic (exact) mass is 241 g/mol. The standard InChI is InChI=1S/C16H19NO/c18-16(13-12-14-8-4-3-5-9-14)17-15-10-6-1-2-7-11-15/h3-5,8-9,15H,1-2,6-7,10-11H2,(H,17,18). The van der Waals surface area contributed by atoms with Gasteiger partial charge >= 0.3 is 0 Å². The van der Waals surface area contributed by atoms with Crippen molar-refractivity contribution in [2.75, 3.05) is 0 Å². The first-order valence-corrected chi connectivity index (χ1v) is 6.72. The molecule has 0 radical (unpaired) electrons. The maximum absolute atomic E-state index is 11.7. The van der Waals surface area contributed by atoms with Gasteiger partial charge in [0.1, 0.15) is 0 Å². The molecule has 2 rings (SSSR count). The summed E-state index contributed by atoms with van der Waals surface area (Å²) in [5.41, 5.74) is 0.883. The fraction of sp³-hybridized carbons (Fsp3) is 0.438. The predicted molar refractivity (Wildman–Crippen MR) is 73.0 cm³/mol. The van der Waals surface area contributed by atoms with Crippen LogP contribution in [0.4, 0.5) is 0 Å². The molecule has 1 aromatic rings. The highest BCUT2D eigenvalue weighted by atomic mass is 16.1. The van der Waals surface area contributed by atoms with Crippen molar-refractivity contribution >= 4 is 5.91 Å². The maximum atomic E-state index is 11.7. The second kappa shape index (κ2) is 6.86. The van der Waals surface area contributed by atoms with Gasteiger partial charge in [0.25, 0.3) is 5.91 Å². The fourth-order valence-electron chi connectivity index (χ4n) is 2.30. The van der Waals surface area contributed by atoms with E-state index in [9.17, 15) is 4.79 Å². The van der Waals surface area contributed by atoms with Crippen LogP contribution in [0, 0.1) is 11.8 Å². The van der Waals surface area contributed by atoms with E-state index in [-0.39, 0.29) is 5.91 Å². The van der Waals surface area contributed by atoms with Crippen LogP contribution in [-0.4, -0.2) is 11.9 Å². The Labute approximate surface area is 109 Å². The molecule has 0 aromatic heterocycles. The van der Waals surface area contributed by atoms with Crippen LogP contribution >= 0.6 is 0 Å². The van der Waals surface area contributed by atoms with Gasteiger partial charge in [0.15, 0.2) is 0 Å². The number of hydrogen-bond donors (Lipinski definition) is 1. The lowest BCUT2D eigenvalue weighted by Crippen LogP contribution is -2.33. The highest BCUT2D eigenvalue weighted by Gasteiger charge is 2.13. The van der Waals surface area contributed by atoms with Crippen LogP contribution in [0.3, 0.4) is 0 Å². The van der Waals surface area contributed by atoms with Crippen LogP contribution in [0.25, 0.3) is 0 Å². The van der Waals surface area contributed by atoms with Gasteiger partial charge in [0.2, 0.25) is 0 Å². The van der Waals surface area contributed by atoms with Crippen molar-refractivity contribution in [2.24, 2.45) is 0 Å². The molecule has 94 valence electrons. The molecule has 0 saturated heterocycles. The highest BCUT2D eigenvalue weighted by molar-refractivity contribution is 5.94. The van der Waals surface area contributed by atoms with E-state index in [1.54, 1.807) is 0 Å². The Kier molecular flexibility index (Phi) is 4.84. The minimum absolute atomic E-state index is 0.147. The third-order valence-electron chi connectivity index (χ3n) is 3.28. The molecule has 1 saturated carbocycles. The summed E-state index contributed by atoms with van der Waals surface area (Å²) in [5, 5.41) is 3.02. The molecule has 0 atom stereocenters. The number of rotatable bonds is 1. The zero-order valence-corrected chi connectivity index (χ0v) is 10.6. The lowest BCUT2D eigenvalue weighted by Gasteiger charge is -2.13. The molecule has 1 aromatic carbocycles. The highest BCUT2D eigenvalue weighted by Crippen LogP contribution is 2.16. The Balaban J connectivity index is 1.86. The third-order valence-corrected chi connectivity index (χ3v) is 3.28. The molecule has 0 heterocycles. The summed E-state index contributed by atoms with van der Waals surface area (Å²) in [5.74, 6) is 5.41. The predicted octanol–water partition coefficient (Wildman–Crippen LogP) is 2.88. The van der Waals surface area contributed by atoms with E-state index in [1.165, 1.54) is 25.7 Å². The van der Waals surface area contributed by atoms with Gasteiger partial charge in [-0.25, -0.2) is 0 Å². The SMILES string of the molecule is O=C(C#Cc1ccccc1)NC1CCCCCC1. The molecule has 1 amide bonds. The molecule has 2 heteroatoms. The van der Waals surface area contributed by atoms with Crippen LogP contribution in [0.15, 0.2) is 30.3 Å². The van der Waals surface area contributed by atoms with E-state index < -0.39 is 0 Å². The van der Waals surface area contributed by atoms with E-state index in [0.29, 0.717) is 6.04 Å². The Bertz CT molecular complexity index is 433. The van der Waals surface area contributed by atoms with Crippen LogP contribution < -0.4 is 5.32 Å². The first-order valence-electron chi connectivity index (χ1n) is 6.72. The number of nitrogens with one attached hydrogen (secondary N) is 1. The Hall–Kier alpha value is -1.75. The molecule has 2 nitrogen and oxygen atoms in total. The van der Waals surface area contributed by atoms with Crippen LogP contribution in [0.2, 0.25) is 0 Å². The molecule has 1 aliphatic rings. The van der Waals surface area contributed by atoms with Gasteiger partial charge in [0, 0.05) is 17.5 Å². The van der Waals surface area contributed by atoms with Crippen LogP contribution in [0.1, 0.15) is 44.1 Å². The van der Waals surface area contributed by atoms with Crippen molar-refractivity contribution in [1.82, 2.24) is 5.32 Å². The smallest absolute Gasteiger partial charge is 0.296 e. The molecule has 0 bridgehead atoms. The average molecular weight is 241 g/mol. The summed E-state index contributed by atoms with van der Waals surface area (Å²) in [6, 6.07) is 9.93. The lowest BCUT2D eigenvalue weighted by molar-refractivity contribution is -0.116. The molecule has 0 spiro atoms. The quantitative estimate of drug-likeness (QED) is 0.594. The number of carbonyl (C=O) groups excluding carboxylic acids is 1. The van der Waals surface area contributed by atoms with Gasteiger partial charge in [-0.15, -0.1) is 0 Å². The van der Waals surface area contributed by atoms with E-state index in [4.69, 9.17) is 0 Å². The molecule has 1 aliphatic carbocycles. The number of amides is 1. The normalized spacial score (nSPS) is 16.2. The molecule has 0 unspecified atom stereocenters. The van der Waals surface area contributed by atoms with Gasteiger partial charge in [-0.2, -0.15) is 0 Å². The Morgan fingerprint density at radius 1 is 1.06 bits per heavy atom. The minimum atomic E-state index is -0.147. The maximum Gasteiger partial charge on any atom is 0.296 e. The second-order valence-electron chi connectivity index (χ2n) is 4.78. The Morgan fingerprint density at radius 2 is 1.72 bits per heavy atom. The number of hydrogen-bond acceptors (Lipinski definition) is 1. The summed E-state index contributed by atoms with van der Waals surface area (Å²) >= 11 is 0. The van der Waals surface area contributed by atoms with Gasteiger partial charge in [0.05, 0.1) is 0 Å². The zero-order chi connectivity index (χ0) is 12.6. The number of carbonyl (C=O) groups is 1. The van der Waals surface area contributed by atoms with Crippen molar-refractivity contribution in [2.45, 2.75) is 44.6 Å². The Morgan fingerprint density at radius 3 is 2.39 bits per heavy atom. The zero-order valence-electron chi connectivity index (χ0n) is 10.6. The average Bonchev–Trinajstić information content (AvgIpc) is 2.66. The third kappa shape index (κ3) is 4.25. The fourth-order valence-corrected chi connectivity index (χ4v) is 2.30.